The van der Waals surface area contributed by atoms with Gasteiger partial charge in [-0.15, -0.1) is 0 Å². The summed E-state index contributed by atoms with van der Waals surface area (Å²) in [6.45, 7) is 3.71. The summed E-state index contributed by atoms with van der Waals surface area (Å²) in [5.41, 5.74) is 7.12. The van der Waals surface area contributed by atoms with Gasteiger partial charge in [-0.1, -0.05) is 19.1 Å². The van der Waals surface area contributed by atoms with Gasteiger partial charge in [-0.25, -0.2) is 0 Å². The van der Waals surface area contributed by atoms with E-state index in [4.69, 9.17) is 10.5 Å². The minimum atomic E-state index is 0.109. The molecule has 1 aromatic carbocycles. The smallest absolute Gasteiger partial charge is 0.119 e. The van der Waals surface area contributed by atoms with Crippen LogP contribution in [0.15, 0.2) is 24.3 Å². The summed E-state index contributed by atoms with van der Waals surface area (Å²) in [6.07, 6.45) is 0.946. The average Bonchev–Trinajstić information content (AvgIpc) is 2.28. The molecule has 3 nitrogen and oxygen atoms in total. The van der Waals surface area contributed by atoms with Crippen LogP contribution in [0.4, 0.5) is 0 Å². The van der Waals surface area contributed by atoms with E-state index in [1.165, 1.54) is 0 Å². The lowest BCUT2D eigenvalue weighted by Gasteiger charge is -2.13. The molecule has 1 atom stereocenters. The van der Waals surface area contributed by atoms with Crippen molar-refractivity contribution in [3.63, 3.8) is 0 Å². The van der Waals surface area contributed by atoms with Crippen LogP contribution in [-0.4, -0.2) is 32.1 Å². The summed E-state index contributed by atoms with van der Waals surface area (Å²) >= 11 is 0. The van der Waals surface area contributed by atoms with E-state index in [0.29, 0.717) is 6.61 Å². The van der Waals surface area contributed by atoms with Crippen LogP contribution in [0.2, 0.25) is 0 Å². The fraction of sp³-hybridized carbons (Fsp3) is 0.538. The van der Waals surface area contributed by atoms with E-state index >= 15 is 0 Å². The highest BCUT2D eigenvalue weighted by Gasteiger charge is 2.04. The zero-order valence-electron chi connectivity index (χ0n) is 10.4. The van der Waals surface area contributed by atoms with Gasteiger partial charge in [0, 0.05) is 12.6 Å². The predicted octanol–water partition coefficient (Wildman–Crippen LogP) is 2.04. The second-order valence-electron chi connectivity index (χ2n) is 4.24. The number of ether oxygens (including phenoxy) is 1. The molecule has 0 fully saturated rings. The van der Waals surface area contributed by atoms with Crippen LogP contribution >= 0.6 is 0 Å². The largest absolute Gasteiger partial charge is 0.492 e. The normalized spacial score (nSPS) is 12.8. The van der Waals surface area contributed by atoms with Crippen LogP contribution < -0.4 is 10.5 Å². The second-order valence-corrected chi connectivity index (χ2v) is 4.24. The third-order valence-electron chi connectivity index (χ3n) is 2.53. The Morgan fingerprint density at radius 2 is 2.12 bits per heavy atom. The van der Waals surface area contributed by atoms with Crippen molar-refractivity contribution in [1.29, 1.82) is 0 Å². The molecule has 0 aliphatic carbocycles. The van der Waals surface area contributed by atoms with Gasteiger partial charge < -0.3 is 15.4 Å². The lowest BCUT2D eigenvalue weighted by molar-refractivity contribution is 0.261. The highest BCUT2D eigenvalue weighted by atomic mass is 16.5. The SMILES string of the molecule is CCC(N)c1cccc(OCCN(C)C)c1. The maximum Gasteiger partial charge on any atom is 0.119 e. The quantitative estimate of drug-likeness (QED) is 0.800. The third kappa shape index (κ3) is 4.21. The number of benzene rings is 1. The molecule has 0 saturated carbocycles. The lowest BCUT2D eigenvalue weighted by atomic mass is 10.1. The summed E-state index contributed by atoms with van der Waals surface area (Å²) < 4.78 is 5.65. The van der Waals surface area contributed by atoms with E-state index in [2.05, 4.69) is 11.8 Å². The van der Waals surface area contributed by atoms with Crippen LogP contribution in [0.5, 0.6) is 5.75 Å². The Morgan fingerprint density at radius 1 is 1.38 bits per heavy atom. The Balaban J connectivity index is 2.54. The first-order valence-corrected chi connectivity index (χ1v) is 5.76. The molecule has 0 aliphatic rings. The van der Waals surface area contributed by atoms with Gasteiger partial charge in [0.15, 0.2) is 0 Å². The first-order chi connectivity index (χ1) is 7.63. The van der Waals surface area contributed by atoms with Crippen molar-refractivity contribution in [1.82, 2.24) is 4.90 Å². The fourth-order valence-corrected chi connectivity index (χ4v) is 1.42. The number of hydrogen-bond donors (Lipinski definition) is 1. The summed E-state index contributed by atoms with van der Waals surface area (Å²) in [6, 6.07) is 8.16. The maximum atomic E-state index is 5.98. The minimum Gasteiger partial charge on any atom is -0.492 e. The number of nitrogens with two attached hydrogens (primary N) is 1. The first-order valence-electron chi connectivity index (χ1n) is 5.76. The average molecular weight is 222 g/mol. The van der Waals surface area contributed by atoms with Gasteiger partial charge in [0.05, 0.1) is 0 Å². The Kier molecular flexibility index (Phi) is 5.29. The van der Waals surface area contributed by atoms with Crippen LogP contribution in [0.25, 0.3) is 0 Å². The summed E-state index contributed by atoms with van der Waals surface area (Å²) in [4.78, 5) is 2.10. The summed E-state index contributed by atoms with van der Waals surface area (Å²) in [5.74, 6) is 0.906. The Morgan fingerprint density at radius 3 is 2.75 bits per heavy atom. The van der Waals surface area contributed by atoms with E-state index in [0.717, 1.165) is 24.3 Å². The van der Waals surface area contributed by atoms with Gasteiger partial charge in [-0.05, 0) is 38.2 Å². The van der Waals surface area contributed by atoms with Crippen molar-refractivity contribution < 1.29 is 4.74 Å². The van der Waals surface area contributed by atoms with Gasteiger partial charge in [0.25, 0.3) is 0 Å². The maximum absolute atomic E-state index is 5.98. The monoisotopic (exact) mass is 222 g/mol. The highest BCUT2D eigenvalue weighted by molar-refractivity contribution is 5.30. The zero-order chi connectivity index (χ0) is 12.0. The zero-order valence-corrected chi connectivity index (χ0v) is 10.4. The van der Waals surface area contributed by atoms with Crippen molar-refractivity contribution in [3.05, 3.63) is 29.8 Å². The molecule has 0 amide bonds. The number of nitrogens with zero attached hydrogens (tertiary/aromatic N) is 1. The van der Waals surface area contributed by atoms with E-state index < -0.39 is 0 Å². The molecule has 3 heteroatoms. The van der Waals surface area contributed by atoms with Crippen molar-refractivity contribution in [2.45, 2.75) is 19.4 Å². The Labute approximate surface area is 98.2 Å². The van der Waals surface area contributed by atoms with Crippen LogP contribution in [0.1, 0.15) is 24.9 Å². The molecule has 2 N–H and O–H groups in total. The number of likely N-dealkylation sites (N-methyl/N-ethyl adjacent to an activating group) is 1. The molecule has 0 spiro atoms. The standard InChI is InChI=1S/C13H22N2O/c1-4-13(14)11-6-5-7-12(10-11)16-9-8-15(2)3/h5-7,10,13H,4,8-9,14H2,1-3H3. The number of hydrogen-bond acceptors (Lipinski definition) is 3. The van der Waals surface area contributed by atoms with Crippen LogP contribution in [0, 0.1) is 0 Å². The molecule has 0 bridgehead atoms. The van der Waals surface area contributed by atoms with E-state index in [-0.39, 0.29) is 6.04 Å². The summed E-state index contributed by atoms with van der Waals surface area (Å²) in [5, 5.41) is 0. The molecule has 0 radical (unpaired) electrons. The van der Waals surface area contributed by atoms with Crippen molar-refractivity contribution in [2.75, 3.05) is 27.2 Å². The predicted molar refractivity (Wildman–Crippen MR) is 67.7 cm³/mol. The van der Waals surface area contributed by atoms with E-state index in [1.54, 1.807) is 0 Å². The highest BCUT2D eigenvalue weighted by Crippen LogP contribution is 2.19. The lowest BCUT2D eigenvalue weighted by Crippen LogP contribution is -2.19. The first kappa shape index (κ1) is 13.0. The molecule has 0 saturated heterocycles. The Hall–Kier alpha value is -1.06. The van der Waals surface area contributed by atoms with Crippen molar-refractivity contribution >= 4 is 0 Å². The molecule has 1 aromatic rings. The van der Waals surface area contributed by atoms with Gasteiger partial charge >= 0.3 is 0 Å². The second kappa shape index (κ2) is 6.51. The Bertz CT molecular complexity index is 313. The minimum absolute atomic E-state index is 0.109. The molecule has 0 aromatic heterocycles. The molecular weight excluding hydrogens is 200 g/mol. The van der Waals surface area contributed by atoms with E-state index in [1.807, 2.05) is 38.4 Å². The molecular formula is C13H22N2O. The van der Waals surface area contributed by atoms with E-state index in [9.17, 15) is 0 Å². The molecule has 1 rings (SSSR count). The molecule has 0 aliphatic heterocycles. The van der Waals surface area contributed by atoms with Gasteiger partial charge in [-0.2, -0.15) is 0 Å². The van der Waals surface area contributed by atoms with Crippen molar-refractivity contribution in [3.8, 4) is 5.75 Å². The molecule has 1 unspecified atom stereocenters. The molecule has 0 heterocycles. The third-order valence-corrected chi connectivity index (χ3v) is 2.53. The van der Waals surface area contributed by atoms with Gasteiger partial charge in [-0.3, -0.25) is 0 Å². The molecule has 16 heavy (non-hydrogen) atoms. The van der Waals surface area contributed by atoms with Crippen molar-refractivity contribution in [2.24, 2.45) is 5.73 Å². The molecule has 90 valence electrons. The number of rotatable bonds is 6. The summed E-state index contributed by atoms with van der Waals surface area (Å²) in [7, 11) is 4.07. The van der Waals surface area contributed by atoms with Crippen LogP contribution in [0.3, 0.4) is 0 Å². The van der Waals surface area contributed by atoms with Gasteiger partial charge in [0.2, 0.25) is 0 Å². The fourth-order valence-electron chi connectivity index (χ4n) is 1.42. The van der Waals surface area contributed by atoms with Gasteiger partial charge in [0.1, 0.15) is 12.4 Å². The topological polar surface area (TPSA) is 38.5 Å². The van der Waals surface area contributed by atoms with Crippen LogP contribution in [-0.2, 0) is 0 Å².